The van der Waals surface area contributed by atoms with Crippen LogP contribution in [0.5, 0.6) is 0 Å². The van der Waals surface area contributed by atoms with Gasteiger partial charge >= 0.3 is 0 Å². The van der Waals surface area contributed by atoms with Gasteiger partial charge in [0, 0.05) is 24.8 Å². The van der Waals surface area contributed by atoms with Crippen molar-refractivity contribution < 1.29 is 17.5 Å². The highest BCUT2D eigenvalue weighted by Gasteiger charge is 2.20. The van der Waals surface area contributed by atoms with Crippen LogP contribution in [0, 0.1) is 31.5 Å². The number of ether oxygens (including phenoxy) is 1. The summed E-state index contributed by atoms with van der Waals surface area (Å²) in [5.74, 6) is 6.02. The Balaban J connectivity index is 1.61. The Kier molecular flexibility index (Phi) is 6.53. The average Bonchev–Trinajstić information content (AvgIpc) is 2.78. The van der Waals surface area contributed by atoms with E-state index in [0.717, 1.165) is 11.5 Å². The molecule has 0 amide bonds. The Morgan fingerprint density at radius 3 is 2.64 bits per heavy atom. The van der Waals surface area contributed by atoms with Gasteiger partial charge in [0.25, 0.3) is 10.0 Å². The second-order valence-corrected chi connectivity index (χ2v) is 9.16. The average molecular weight is 468 g/mol. The van der Waals surface area contributed by atoms with Crippen molar-refractivity contribution in [3.63, 3.8) is 0 Å². The summed E-state index contributed by atoms with van der Waals surface area (Å²) in [6.07, 6.45) is 4.36. The molecular formula is C23H22FN5O3S. The van der Waals surface area contributed by atoms with E-state index in [4.69, 9.17) is 4.74 Å². The third-order valence-corrected chi connectivity index (χ3v) is 6.44. The molecule has 8 nitrogen and oxygen atoms in total. The molecule has 2 aromatic heterocycles. The Morgan fingerprint density at radius 2 is 1.88 bits per heavy atom. The van der Waals surface area contributed by atoms with Crippen LogP contribution in [-0.4, -0.2) is 49.7 Å². The molecule has 0 saturated carbocycles. The molecule has 1 N–H and O–H groups in total. The fourth-order valence-corrected chi connectivity index (χ4v) is 4.45. The number of aryl methyl sites for hydroxylation is 2. The monoisotopic (exact) mass is 467 g/mol. The maximum absolute atomic E-state index is 14.2. The molecule has 170 valence electrons. The van der Waals surface area contributed by atoms with E-state index >= 15 is 0 Å². The smallest absolute Gasteiger partial charge is 0.264 e. The van der Waals surface area contributed by atoms with Crippen LogP contribution < -0.4 is 9.62 Å². The van der Waals surface area contributed by atoms with Crippen molar-refractivity contribution in [2.24, 2.45) is 0 Å². The minimum absolute atomic E-state index is 0.177. The number of aromatic nitrogens is 3. The number of nitrogens with one attached hydrogen (secondary N) is 1. The lowest BCUT2D eigenvalue weighted by atomic mass is 10.2. The van der Waals surface area contributed by atoms with Crippen molar-refractivity contribution in [3.05, 3.63) is 71.2 Å². The summed E-state index contributed by atoms with van der Waals surface area (Å²) in [5, 5.41) is 0. The van der Waals surface area contributed by atoms with Gasteiger partial charge in [0.15, 0.2) is 0 Å². The molecule has 3 aromatic rings. The van der Waals surface area contributed by atoms with Crippen molar-refractivity contribution in [3.8, 4) is 11.8 Å². The topological polar surface area (TPSA) is 97.3 Å². The van der Waals surface area contributed by atoms with Gasteiger partial charge in [-0.05, 0) is 37.6 Å². The quantitative estimate of drug-likeness (QED) is 0.589. The summed E-state index contributed by atoms with van der Waals surface area (Å²) < 4.78 is 47.2. The number of benzene rings is 1. The number of hydrogen-bond acceptors (Lipinski definition) is 7. The normalized spacial score (nSPS) is 13.8. The highest BCUT2D eigenvalue weighted by atomic mass is 32.2. The molecule has 1 saturated heterocycles. The molecule has 0 unspecified atom stereocenters. The molecule has 0 atom stereocenters. The molecule has 0 bridgehead atoms. The first-order chi connectivity index (χ1) is 15.8. The fraction of sp³-hybridized carbons (Fsp3) is 0.261. The van der Waals surface area contributed by atoms with E-state index in [2.05, 4.69) is 36.4 Å². The van der Waals surface area contributed by atoms with Crippen molar-refractivity contribution >= 4 is 21.5 Å². The number of halogens is 1. The summed E-state index contributed by atoms with van der Waals surface area (Å²) in [5.41, 5.74) is 2.71. The van der Waals surface area contributed by atoms with Crippen molar-refractivity contribution in [1.29, 1.82) is 0 Å². The molecule has 4 rings (SSSR count). The summed E-state index contributed by atoms with van der Waals surface area (Å²) in [4.78, 5) is 14.4. The Labute approximate surface area is 191 Å². The first-order valence-electron chi connectivity index (χ1n) is 10.2. The van der Waals surface area contributed by atoms with E-state index in [-0.39, 0.29) is 5.69 Å². The van der Waals surface area contributed by atoms with Crippen LogP contribution in [0.1, 0.15) is 22.4 Å². The molecule has 1 aliphatic heterocycles. The zero-order valence-corrected chi connectivity index (χ0v) is 19.0. The number of sulfonamides is 1. The largest absolute Gasteiger partial charge is 0.378 e. The molecule has 0 spiro atoms. The maximum Gasteiger partial charge on any atom is 0.264 e. The van der Waals surface area contributed by atoms with Crippen LogP contribution in [0.3, 0.4) is 0 Å². The summed E-state index contributed by atoms with van der Waals surface area (Å²) in [6.45, 7) is 6.18. The number of pyridine rings is 1. The molecule has 3 heterocycles. The predicted molar refractivity (Wildman–Crippen MR) is 122 cm³/mol. The Bertz CT molecular complexity index is 1350. The zero-order valence-electron chi connectivity index (χ0n) is 18.2. The molecule has 33 heavy (non-hydrogen) atoms. The number of nitrogens with zero attached hydrogens (tertiary/aromatic N) is 4. The third-order valence-electron chi connectivity index (χ3n) is 5.03. The standard InChI is InChI=1S/C23H22FN5O3S/c1-16-3-6-22(21(24)11-16)33(30,31)28-19-12-18(13-25-14-19)4-5-20-17(2)26-15-27-23(20)29-7-9-32-10-8-29/h3,6,11-15,28H,7-10H2,1-2H3. The van der Waals surface area contributed by atoms with E-state index in [1.165, 1.54) is 43.0 Å². The van der Waals surface area contributed by atoms with Gasteiger partial charge in [-0.2, -0.15) is 0 Å². The molecule has 1 aromatic carbocycles. The summed E-state index contributed by atoms with van der Waals surface area (Å²) in [7, 11) is -4.12. The first kappa shape index (κ1) is 22.6. The number of morpholine rings is 1. The highest BCUT2D eigenvalue weighted by Crippen LogP contribution is 2.21. The number of rotatable bonds is 4. The third kappa shape index (κ3) is 5.27. The predicted octanol–water partition coefficient (Wildman–Crippen LogP) is 2.66. The van der Waals surface area contributed by atoms with E-state index in [9.17, 15) is 12.8 Å². The minimum Gasteiger partial charge on any atom is -0.378 e. The van der Waals surface area contributed by atoms with Crippen LogP contribution >= 0.6 is 0 Å². The van der Waals surface area contributed by atoms with Crippen LogP contribution in [0.2, 0.25) is 0 Å². The van der Waals surface area contributed by atoms with Gasteiger partial charge < -0.3 is 9.64 Å². The zero-order chi connectivity index (χ0) is 23.4. The second-order valence-electron chi connectivity index (χ2n) is 7.51. The van der Waals surface area contributed by atoms with Crippen LogP contribution in [0.25, 0.3) is 0 Å². The molecule has 1 fully saturated rings. The van der Waals surface area contributed by atoms with E-state index in [1.807, 2.05) is 6.92 Å². The lowest BCUT2D eigenvalue weighted by molar-refractivity contribution is 0.122. The maximum atomic E-state index is 14.2. The highest BCUT2D eigenvalue weighted by molar-refractivity contribution is 7.92. The summed E-state index contributed by atoms with van der Waals surface area (Å²) in [6, 6.07) is 5.48. The van der Waals surface area contributed by atoms with Gasteiger partial charge in [0.05, 0.1) is 36.4 Å². The summed E-state index contributed by atoms with van der Waals surface area (Å²) >= 11 is 0. The van der Waals surface area contributed by atoms with E-state index in [1.54, 1.807) is 6.92 Å². The Morgan fingerprint density at radius 1 is 1.09 bits per heavy atom. The lowest BCUT2D eigenvalue weighted by Crippen LogP contribution is -2.37. The van der Waals surface area contributed by atoms with Crippen LogP contribution in [0.4, 0.5) is 15.9 Å². The van der Waals surface area contributed by atoms with E-state index in [0.29, 0.717) is 43.0 Å². The fourth-order valence-electron chi connectivity index (χ4n) is 3.36. The number of hydrogen-bond donors (Lipinski definition) is 1. The van der Waals surface area contributed by atoms with Crippen molar-refractivity contribution in [1.82, 2.24) is 15.0 Å². The number of anilines is 2. The SMILES string of the molecule is Cc1ccc(S(=O)(=O)Nc2cncc(C#Cc3c(C)ncnc3N3CCOCC3)c2)c(F)c1. The van der Waals surface area contributed by atoms with Crippen LogP contribution in [-0.2, 0) is 14.8 Å². The second kappa shape index (κ2) is 9.52. The molecule has 1 aliphatic rings. The van der Waals surface area contributed by atoms with Gasteiger partial charge in [-0.15, -0.1) is 0 Å². The minimum atomic E-state index is -4.12. The van der Waals surface area contributed by atoms with Gasteiger partial charge in [-0.1, -0.05) is 17.9 Å². The molecular weight excluding hydrogens is 445 g/mol. The van der Waals surface area contributed by atoms with Gasteiger partial charge in [0.1, 0.15) is 22.9 Å². The molecule has 10 heteroatoms. The lowest BCUT2D eigenvalue weighted by Gasteiger charge is -2.28. The molecule has 0 aliphatic carbocycles. The van der Waals surface area contributed by atoms with E-state index < -0.39 is 20.7 Å². The Hall–Kier alpha value is -3.55. The molecule has 0 radical (unpaired) electrons. The van der Waals surface area contributed by atoms with Gasteiger partial charge in [-0.25, -0.2) is 22.8 Å². The van der Waals surface area contributed by atoms with Gasteiger partial charge in [-0.3, -0.25) is 9.71 Å². The first-order valence-corrected chi connectivity index (χ1v) is 11.7. The van der Waals surface area contributed by atoms with Crippen LogP contribution in [0.15, 0.2) is 47.9 Å². The van der Waals surface area contributed by atoms with Crippen molar-refractivity contribution in [2.45, 2.75) is 18.7 Å². The van der Waals surface area contributed by atoms with Gasteiger partial charge in [0.2, 0.25) is 0 Å². The van der Waals surface area contributed by atoms with Crippen molar-refractivity contribution in [2.75, 3.05) is 35.9 Å².